The van der Waals surface area contributed by atoms with Crippen LogP contribution >= 0.6 is 0 Å². The summed E-state index contributed by atoms with van der Waals surface area (Å²) in [5.41, 5.74) is -0.821. The quantitative estimate of drug-likeness (QED) is 0.474. The van der Waals surface area contributed by atoms with Crippen LogP contribution in [-0.4, -0.2) is 38.1 Å². The zero-order valence-electron chi connectivity index (χ0n) is 18.8. The van der Waals surface area contributed by atoms with E-state index in [1.807, 2.05) is 6.92 Å². The number of hydrogen-bond acceptors (Lipinski definition) is 3. The molecule has 186 valence electrons. The van der Waals surface area contributed by atoms with Gasteiger partial charge in [0.1, 0.15) is 5.82 Å². The Kier molecular flexibility index (Phi) is 5.16. The molecule has 3 aliphatic carbocycles. The first kappa shape index (κ1) is 23.6. The van der Waals surface area contributed by atoms with E-state index in [1.165, 1.54) is 18.2 Å². The van der Waals surface area contributed by atoms with Gasteiger partial charge in [0.25, 0.3) is 0 Å². The van der Waals surface area contributed by atoms with Gasteiger partial charge in [0, 0.05) is 5.69 Å². The number of benzene rings is 1. The van der Waals surface area contributed by atoms with Crippen LogP contribution in [0.1, 0.15) is 37.4 Å². The summed E-state index contributed by atoms with van der Waals surface area (Å²) in [6.45, 7) is 1.94. The fourth-order valence-electron chi connectivity index (χ4n) is 6.78. The van der Waals surface area contributed by atoms with Crippen LogP contribution in [0, 0.1) is 34.4 Å². The van der Waals surface area contributed by atoms with Crippen molar-refractivity contribution in [1.82, 2.24) is 9.78 Å². The molecule has 5 rings (SSSR count). The van der Waals surface area contributed by atoms with E-state index in [0.717, 1.165) is 11.3 Å². The van der Waals surface area contributed by atoms with Crippen molar-refractivity contribution >= 4 is 11.9 Å². The summed E-state index contributed by atoms with van der Waals surface area (Å²) < 4.78 is 57.5. The number of carbonyl (C=O) groups is 2. The normalized spacial score (nSPS) is 32.1. The van der Waals surface area contributed by atoms with Gasteiger partial charge in [0.2, 0.25) is 0 Å². The Balaban J connectivity index is 1.57. The molecule has 0 aliphatic heterocycles. The number of alkyl halides is 3. The van der Waals surface area contributed by atoms with Crippen molar-refractivity contribution in [1.29, 1.82) is 0 Å². The first-order chi connectivity index (χ1) is 16.4. The topological polar surface area (TPSA) is 92.4 Å². The molecule has 10 heteroatoms. The van der Waals surface area contributed by atoms with Crippen molar-refractivity contribution < 1.29 is 37.4 Å². The van der Waals surface area contributed by atoms with E-state index in [-0.39, 0.29) is 18.2 Å². The summed E-state index contributed by atoms with van der Waals surface area (Å²) in [7, 11) is 0. The highest BCUT2D eigenvalue weighted by atomic mass is 19.4. The number of nitrogens with zero attached hydrogens (tertiary/aromatic N) is 2. The van der Waals surface area contributed by atoms with Gasteiger partial charge in [-0.2, -0.15) is 18.3 Å². The van der Waals surface area contributed by atoms with E-state index in [4.69, 9.17) is 0 Å². The highest BCUT2D eigenvalue weighted by Gasteiger charge is 2.71. The summed E-state index contributed by atoms with van der Waals surface area (Å²) >= 11 is 0. The Morgan fingerprint density at radius 1 is 1.14 bits per heavy atom. The highest BCUT2D eigenvalue weighted by Crippen LogP contribution is 2.63. The molecule has 5 atom stereocenters. The molecule has 6 nitrogen and oxygen atoms in total. The Morgan fingerprint density at radius 3 is 2.43 bits per heavy atom. The van der Waals surface area contributed by atoms with Gasteiger partial charge in [0.15, 0.2) is 5.41 Å². The van der Waals surface area contributed by atoms with Crippen LogP contribution in [-0.2, 0) is 22.4 Å². The maximum atomic E-state index is 14.1. The predicted octanol–water partition coefficient (Wildman–Crippen LogP) is 4.81. The number of allylic oxidation sites excluding steroid dienone is 2. The first-order valence-electron chi connectivity index (χ1n) is 11.5. The minimum absolute atomic E-state index is 0.0195. The maximum Gasteiger partial charge on any atom is 0.406 e. The van der Waals surface area contributed by atoms with Gasteiger partial charge < -0.3 is 10.2 Å². The molecule has 0 spiro atoms. The first-order valence-corrected chi connectivity index (χ1v) is 11.5. The van der Waals surface area contributed by atoms with Gasteiger partial charge in [-0.25, -0.2) is 9.07 Å². The number of fused-ring (bicyclic) bond motifs is 4. The van der Waals surface area contributed by atoms with Crippen molar-refractivity contribution in [3.05, 3.63) is 59.2 Å². The summed E-state index contributed by atoms with van der Waals surface area (Å²) in [4.78, 5) is 24.1. The predicted molar refractivity (Wildman–Crippen MR) is 115 cm³/mol. The summed E-state index contributed by atoms with van der Waals surface area (Å²) in [6, 6.07) is 5.93. The molecule has 0 radical (unpaired) electrons. The van der Waals surface area contributed by atoms with Crippen molar-refractivity contribution in [2.45, 2.75) is 45.2 Å². The molecular formula is C25H24F4N2O4. The maximum absolute atomic E-state index is 14.1. The summed E-state index contributed by atoms with van der Waals surface area (Å²) in [5, 5.41) is 24.0. The number of carboxylic acids is 2. The third-order valence-corrected chi connectivity index (χ3v) is 8.54. The highest BCUT2D eigenvalue weighted by molar-refractivity contribution is 5.86. The average Bonchev–Trinajstić information content (AvgIpc) is 3.18. The zero-order chi connectivity index (χ0) is 25.3. The molecule has 0 bridgehead atoms. The number of halogens is 4. The molecular weight excluding hydrogens is 468 g/mol. The lowest BCUT2D eigenvalue weighted by Gasteiger charge is -2.55. The fourth-order valence-corrected chi connectivity index (χ4v) is 6.78. The molecule has 1 aromatic carbocycles. The molecule has 2 aromatic rings. The third-order valence-electron chi connectivity index (χ3n) is 8.54. The fraction of sp³-hybridized carbons (Fsp3) is 0.480. The Morgan fingerprint density at radius 2 is 1.83 bits per heavy atom. The van der Waals surface area contributed by atoms with E-state index in [0.29, 0.717) is 30.5 Å². The smallest absolute Gasteiger partial charge is 0.406 e. The van der Waals surface area contributed by atoms with Crippen LogP contribution < -0.4 is 0 Å². The van der Waals surface area contributed by atoms with Crippen molar-refractivity contribution in [2.75, 3.05) is 0 Å². The van der Waals surface area contributed by atoms with Crippen molar-refractivity contribution in [2.24, 2.45) is 28.6 Å². The lowest BCUT2D eigenvalue weighted by Crippen LogP contribution is -2.59. The molecule has 2 N–H and O–H groups in total. The van der Waals surface area contributed by atoms with E-state index < -0.39 is 47.2 Å². The lowest BCUT2D eigenvalue weighted by molar-refractivity contribution is -0.254. The Hall–Kier alpha value is -3.17. The number of carboxylic acid groups (broad SMARTS) is 2. The average molecular weight is 492 g/mol. The number of aromatic nitrogens is 2. The second kappa shape index (κ2) is 7.66. The molecule has 0 saturated heterocycles. The zero-order valence-corrected chi connectivity index (χ0v) is 18.8. The number of rotatable bonds is 3. The van der Waals surface area contributed by atoms with Crippen LogP contribution in [0.15, 0.2) is 42.1 Å². The van der Waals surface area contributed by atoms with Crippen LogP contribution in [0.2, 0.25) is 0 Å². The second-order valence-corrected chi connectivity index (χ2v) is 10.1. The minimum atomic E-state index is -5.21. The van der Waals surface area contributed by atoms with E-state index in [9.17, 15) is 37.4 Å². The van der Waals surface area contributed by atoms with Crippen LogP contribution in [0.4, 0.5) is 17.6 Å². The molecule has 1 saturated carbocycles. The largest absolute Gasteiger partial charge is 0.481 e. The summed E-state index contributed by atoms with van der Waals surface area (Å²) in [6.07, 6.45) is -1.41. The molecule has 0 unspecified atom stereocenters. The van der Waals surface area contributed by atoms with Crippen LogP contribution in [0.5, 0.6) is 0 Å². The molecule has 1 aromatic heterocycles. The Bertz CT molecular complexity index is 1240. The van der Waals surface area contributed by atoms with Crippen molar-refractivity contribution in [3.63, 3.8) is 0 Å². The minimum Gasteiger partial charge on any atom is -0.481 e. The van der Waals surface area contributed by atoms with Gasteiger partial charge in [-0.15, -0.1) is 0 Å². The summed E-state index contributed by atoms with van der Waals surface area (Å²) in [5.74, 6) is -7.34. The van der Waals surface area contributed by atoms with E-state index >= 15 is 0 Å². The van der Waals surface area contributed by atoms with Gasteiger partial charge >= 0.3 is 18.1 Å². The number of hydrogen-bond donors (Lipinski definition) is 2. The SMILES string of the molecule is C[C@]12Cc3cnn(-c4ccc(F)cc4)c3C[C@H]1CC[C@H]1C2=CC[C@](C(=O)O)(C(F)(F)F)[C@H]1C(=O)O. The molecule has 1 heterocycles. The van der Waals surface area contributed by atoms with Gasteiger partial charge in [-0.3, -0.25) is 9.59 Å². The van der Waals surface area contributed by atoms with Crippen molar-refractivity contribution in [3.8, 4) is 5.69 Å². The van der Waals surface area contributed by atoms with Gasteiger partial charge in [-0.05, 0) is 79.2 Å². The van der Waals surface area contributed by atoms with Crippen LogP contribution in [0.3, 0.4) is 0 Å². The lowest BCUT2D eigenvalue weighted by atomic mass is 9.48. The molecule has 3 aliphatic rings. The molecule has 35 heavy (non-hydrogen) atoms. The van der Waals surface area contributed by atoms with Gasteiger partial charge in [-0.1, -0.05) is 18.6 Å². The second-order valence-electron chi connectivity index (χ2n) is 10.1. The number of aliphatic carboxylic acids is 2. The third kappa shape index (κ3) is 3.25. The van der Waals surface area contributed by atoms with Crippen LogP contribution in [0.25, 0.3) is 5.69 Å². The van der Waals surface area contributed by atoms with E-state index in [1.54, 1.807) is 23.0 Å². The molecule has 0 amide bonds. The standard InChI is InChI=1S/C25H24F4N2O4/c1-23-11-13-12-30-31(16-5-3-15(26)4-6-16)19(13)10-14(23)2-7-17-18(23)8-9-24(22(34)35,25(27,28)29)20(17)21(32)33/h3-6,8,12,14,17,20H,2,7,9-11H2,1H3,(H,32,33)(H,34,35)/t14-,17+,20-,23+,24+/m1/s1. The van der Waals surface area contributed by atoms with E-state index in [2.05, 4.69) is 5.10 Å². The van der Waals surface area contributed by atoms with Gasteiger partial charge in [0.05, 0.1) is 17.8 Å². The monoisotopic (exact) mass is 492 g/mol. The molecule has 1 fully saturated rings. The Labute approximate surface area is 198 Å².